The third-order valence-corrected chi connectivity index (χ3v) is 4.39. The van der Waals surface area contributed by atoms with E-state index in [1.165, 1.54) is 6.07 Å². The van der Waals surface area contributed by atoms with Crippen LogP contribution in [-0.4, -0.2) is 32.8 Å². The Labute approximate surface area is 127 Å². The molecule has 4 rings (SSSR count). The normalized spacial score (nSPS) is 24.8. The van der Waals surface area contributed by atoms with Crippen LogP contribution in [0.4, 0.5) is 0 Å². The van der Waals surface area contributed by atoms with Gasteiger partial charge in [0.2, 0.25) is 0 Å². The predicted molar refractivity (Wildman–Crippen MR) is 77.3 cm³/mol. The van der Waals surface area contributed by atoms with Crippen LogP contribution < -0.4 is 5.56 Å². The van der Waals surface area contributed by atoms with Crippen LogP contribution in [0.5, 0.6) is 0 Å². The van der Waals surface area contributed by atoms with Gasteiger partial charge in [-0.25, -0.2) is 4.98 Å². The highest BCUT2D eigenvalue weighted by Gasteiger charge is 2.28. The molecule has 2 atom stereocenters. The van der Waals surface area contributed by atoms with Crippen molar-refractivity contribution in [2.24, 2.45) is 5.92 Å². The lowest BCUT2D eigenvalue weighted by molar-refractivity contribution is 0.105. The zero-order valence-electron chi connectivity index (χ0n) is 12.4. The van der Waals surface area contributed by atoms with Crippen LogP contribution in [0.2, 0.25) is 0 Å². The summed E-state index contributed by atoms with van der Waals surface area (Å²) in [6, 6.07) is 1.41. The molecule has 2 aliphatic rings. The number of aromatic nitrogens is 4. The summed E-state index contributed by atoms with van der Waals surface area (Å²) in [4.78, 5) is 23.4. The zero-order valence-corrected chi connectivity index (χ0v) is 12.4. The minimum atomic E-state index is -0.176. The molecule has 1 aliphatic heterocycles. The molecule has 7 nitrogen and oxygen atoms in total. The Balaban J connectivity index is 1.57. The van der Waals surface area contributed by atoms with Crippen molar-refractivity contribution in [2.45, 2.75) is 44.6 Å². The summed E-state index contributed by atoms with van der Waals surface area (Å²) < 4.78 is 10.8. The summed E-state index contributed by atoms with van der Waals surface area (Å²) in [5.74, 6) is 2.47. The van der Waals surface area contributed by atoms with Gasteiger partial charge in [0.05, 0.1) is 6.10 Å². The minimum absolute atomic E-state index is 0.176. The van der Waals surface area contributed by atoms with Gasteiger partial charge < -0.3 is 14.2 Å². The summed E-state index contributed by atoms with van der Waals surface area (Å²) in [5.41, 5.74) is 0.282. The first-order valence-corrected chi connectivity index (χ1v) is 7.75. The maximum atomic E-state index is 11.7. The fourth-order valence-electron chi connectivity index (χ4n) is 2.86. The molecular weight excluding hydrogens is 284 g/mol. The third-order valence-electron chi connectivity index (χ3n) is 4.39. The number of ether oxygens (including phenoxy) is 1. The Morgan fingerprint density at radius 3 is 2.91 bits per heavy atom. The van der Waals surface area contributed by atoms with Crippen molar-refractivity contribution in [1.29, 1.82) is 0 Å². The number of nitrogens with one attached hydrogen (secondary N) is 1. The van der Waals surface area contributed by atoms with E-state index in [4.69, 9.17) is 9.26 Å². The van der Waals surface area contributed by atoms with Crippen LogP contribution in [0.15, 0.2) is 15.4 Å². The van der Waals surface area contributed by atoms with Gasteiger partial charge in [-0.2, -0.15) is 4.98 Å². The van der Waals surface area contributed by atoms with Gasteiger partial charge in [-0.05, 0) is 32.1 Å². The molecule has 7 heteroatoms. The number of hydrogen-bond acceptors (Lipinski definition) is 6. The number of rotatable bonds is 4. The molecule has 22 heavy (non-hydrogen) atoms. The average Bonchev–Trinajstić information content (AvgIpc) is 3.13. The highest BCUT2D eigenvalue weighted by molar-refractivity contribution is 5.45. The maximum absolute atomic E-state index is 11.7. The van der Waals surface area contributed by atoms with Gasteiger partial charge in [-0.15, -0.1) is 0 Å². The van der Waals surface area contributed by atoms with E-state index in [-0.39, 0.29) is 11.7 Å². The average molecular weight is 302 g/mol. The lowest BCUT2D eigenvalue weighted by Crippen LogP contribution is -2.14. The maximum Gasteiger partial charge on any atom is 0.276 e. The molecule has 2 unspecified atom stereocenters. The van der Waals surface area contributed by atoms with Gasteiger partial charge in [0.15, 0.2) is 5.82 Å². The van der Waals surface area contributed by atoms with E-state index in [9.17, 15) is 4.79 Å². The van der Waals surface area contributed by atoms with E-state index >= 15 is 0 Å². The largest absolute Gasteiger partial charge is 0.378 e. The molecule has 2 aromatic rings. The van der Waals surface area contributed by atoms with Crippen molar-refractivity contribution < 1.29 is 9.26 Å². The summed E-state index contributed by atoms with van der Waals surface area (Å²) >= 11 is 0. The van der Waals surface area contributed by atoms with E-state index in [1.54, 1.807) is 0 Å². The second-order valence-electron chi connectivity index (χ2n) is 6.13. The van der Waals surface area contributed by atoms with Crippen molar-refractivity contribution in [3.05, 3.63) is 28.1 Å². The van der Waals surface area contributed by atoms with E-state index < -0.39 is 0 Å². The van der Waals surface area contributed by atoms with Gasteiger partial charge in [0.25, 0.3) is 11.4 Å². The van der Waals surface area contributed by atoms with Crippen LogP contribution in [0.1, 0.15) is 43.8 Å². The van der Waals surface area contributed by atoms with Crippen LogP contribution in [0.25, 0.3) is 11.6 Å². The standard InChI is InChI=1S/C15H18N4O3/c1-8-10(4-5-21-8)6-12-17-15(22-19-12)11-7-13(20)18-14(16-11)9-2-3-9/h7-10H,2-6H2,1H3,(H,16,18,20). The first-order valence-electron chi connectivity index (χ1n) is 7.75. The Hall–Kier alpha value is -2.02. The van der Waals surface area contributed by atoms with Gasteiger partial charge in [-0.1, -0.05) is 5.16 Å². The number of aromatic amines is 1. The molecular formula is C15H18N4O3. The number of hydrogen-bond donors (Lipinski definition) is 1. The summed E-state index contributed by atoms with van der Waals surface area (Å²) in [5, 5.41) is 4.02. The molecule has 0 amide bonds. The predicted octanol–water partition coefficient (Wildman–Crippen LogP) is 1.66. The third kappa shape index (κ3) is 2.68. The lowest BCUT2D eigenvalue weighted by atomic mass is 9.98. The van der Waals surface area contributed by atoms with E-state index in [0.29, 0.717) is 29.2 Å². The van der Waals surface area contributed by atoms with E-state index in [1.807, 2.05) is 0 Å². The molecule has 3 heterocycles. The molecule has 1 saturated carbocycles. The van der Waals surface area contributed by atoms with Crippen LogP contribution in [0.3, 0.4) is 0 Å². The van der Waals surface area contributed by atoms with Crippen molar-refractivity contribution in [3.63, 3.8) is 0 Å². The SMILES string of the molecule is CC1OCCC1Cc1noc(-c2cc(=O)[nH]c(C3CC3)n2)n1. The molecule has 0 spiro atoms. The van der Waals surface area contributed by atoms with Crippen LogP contribution in [0, 0.1) is 5.92 Å². The van der Waals surface area contributed by atoms with Crippen molar-refractivity contribution >= 4 is 0 Å². The Morgan fingerprint density at radius 1 is 1.32 bits per heavy atom. The Bertz CT molecular complexity index is 734. The van der Waals surface area contributed by atoms with E-state index in [2.05, 4.69) is 27.0 Å². The second kappa shape index (κ2) is 5.31. The van der Waals surface area contributed by atoms with E-state index in [0.717, 1.165) is 38.1 Å². The number of H-pyrrole nitrogens is 1. The summed E-state index contributed by atoms with van der Waals surface area (Å²) in [6.07, 6.45) is 4.10. The first-order chi connectivity index (χ1) is 10.7. The fourth-order valence-corrected chi connectivity index (χ4v) is 2.86. The van der Waals surface area contributed by atoms with Crippen LogP contribution >= 0.6 is 0 Å². The monoisotopic (exact) mass is 302 g/mol. The molecule has 1 aliphatic carbocycles. The smallest absolute Gasteiger partial charge is 0.276 e. The Kier molecular flexibility index (Phi) is 3.29. The van der Waals surface area contributed by atoms with Gasteiger partial charge in [0.1, 0.15) is 11.5 Å². The lowest BCUT2D eigenvalue weighted by Gasteiger charge is -2.10. The first kappa shape index (κ1) is 13.6. The molecule has 0 bridgehead atoms. The topological polar surface area (TPSA) is 93.9 Å². The van der Waals surface area contributed by atoms with Crippen molar-refractivity contribution in [3.8, 4) is 11.6 Å². The number of nitrogens with zero attached hydrogens (tertiary/aromatic N) is 3. The molecule has 0 radical (unpaired) electrons. The molecule has 0 aromatic carbocycles. The fraction of sp³-hybridized carbons (Fsp3) is 0.600. The summed E-state index contributed by atoms with van der Waals surface area (Å²) in [6.45, 7) is 2.86. The second-order valence-corrected chi connectivity index (χ2v) is 6.13. The summed E-state index contributed by atoms with van der Waals surface area (Å²) in [7, 11) is 0. The van der Waals surface area contributed by atoms with Gasteiger partial charge in [-0.3, -0.25) is 4.79 Å². The van der Waals surface area contributed by atoms with Gasteiger partial charge >= 0.3 is 0 Å². The highest BCUT2D eigenvalue weighted by Crippen LogP contribution is 2.37. The molecule has 2 aromatic heterocycles. The Morgan fingerprint density at radius 2 is 2.18 bits per heavy atom. The zero-order chi connectivity index (χ0) is 15.1. The molecule has 1 N–H and O–H groups in total. The highest BCUT2D eigenvalue weighted by atomic mass is 16.5. The van der Waals surface area contributed by atoms with Gasteiger partial charge in [0, 0.05) is 25.0 Å². The van der Waals surface area contributed by atoms with Crippen LogP contribution in [-0.2, 0) is 11.2 Å². The van der Waals surface area contributed by atoms with Crippen molar-refractivity contribution in [2.75, 3.05) is 6.61 Å². The quantitative estimate of drug-likeness (QED) is 0.923. The molecule has 116 valence electrons. The molecule has 2 fully saturated rings. The minimum Gasteiger partial charge on any atom is -0.378 e. The van der Waals surface area contributed by atoms with Crippen molar-refractivity contribution in [1.82, 2.24) is 20.1 Å². The molecule has 1 saturated heterocycles.